The fourth-order valence-electron chi connectivity index (χ4n) is 8.28. The number of hydrogen-bond acceptors (Lipinski definition) is 4. The van der Waals surface area contributed by atoms with Gasteiger partial charge in [-0.25, -0.2) is 0 Å². The molecule has 1 radical (unpaired) electrons. The number of fused-ring (bicyclic) bond motifs is 7. The van der Waals surface area contributed by atoms with Crippen molar-refractivity contribution in [1.82, 2.24) is 14.5 Å². The summed E-state index contributed by atoms with van der Waals surface area (Å²) in [6.45, 7) is 16.0. The Balaban J connectivity index is 0.000000191. The van der Waals surface area contributed by atoms with Gasteiger partial charge < -0.3 is 18.4 Å². The van der Waals surface area contributed by atoms with Gasteiger partial charge in [0.05, 0.1) is 30.5 Å². The van der Waals surface area contributed by atoms with Crippen molar-refractivity contribution in [2.45, 2.75) is 53.8 Å². The molecule has 5 nitrogen and oxygen atoms in total. The summed E-state index contributed by atoms with van der Waals surface area (Å²) in [5.74, 6) is 1.47. The standard InChI is InChI=1S/C33H21N2O2.C18H24NSi.Ir/c1-19-18-25-22-11-4-8-17-29(22)36-31(25)20(2)30(19)35-27-15-6-5-14-26(27)34-33(35)24-13-9-12-23-21-10-3-7-16-28(21)37-32(23)24;1-14(2)11-16-12-17(15-9-7-6-8-10-15)19-13-18(16)20(3,4)5;/h3-12,14-18H,1-2H3;6-9,12-14H,11H2,1-5H3;/q2*-1;. The smallest absolute Gasteiger partial charge is 0.140 e. The van der Waals surface area contributed by atoms with E-state index in [2.05, 4.69) is 136 Å². The van der Waals surface area contributed by atoms with Crippen LogP contribution in [0.2, 0.25) is 19.6 Å². The maximum Gasteiger partial charge on any atom is 0.140 e. The van der Waals surface area contributed by atoms with E-state index in [0.29, 0.717) is 5.92 Å². The molecule has 4 heterocycles. The third-order valence-electron chi connectivity index (χ3n) is 10.8. The van der Waals surface area contributed by atoms with E-state index in [0.717, 1.165) is 101 Å². The molecule has 0 amide bonds. The normalized spacial score (nSPS) is 11.8. The minimum Gasteiger partial charge on any atom is -0.501 e. The summed E-state index contributed by atoms with van der Waals surface area (Å²) in [5, 5.41) is 5.90. The zero-order chi connectivity index (χ0) is 39.4. The van der Waals surface area contributed by atoms with Gasteiger partial charge in [-0.15, -0.1) is 54.1 Å². The number of imidazole rings is 1. The molecule has 10 rings (SSSR count). The minimum absolute atomic E-state index is 0. The Kier molecular flexibility index (Phi) is 10.6. The van der Waals surface area contributed by atoms with Gasteiger partial charge in [0.1, 0.15) is 16.7 Å². The first kappa shape index (κ1) is 39.2. The number of benzene rings is 6. The Labute approximate surface area is 354 Å². The van der Waals surface area contributed by atoms with Gasteiger partial charge in [-0.05, 0) is 73.0 Å². The van der Waals surface area contributed by atoms with E-state index >= 15 is 0 Å². The van der Waals surface area contributed by atoms with Crippen LogP contribution in [0, 0.1) is 31.9 Å². The predicted octanol–water partition coefficient (Wildman–Crippen LogP) is 13.2. The second-order valence-corrected chi connectivity index (χ2v) is 21.5. The molecule has 0 saturated heterocycles. The molecule has 291 valence electrons. The largest absolute Gasteiger partial charge is 0.501 e. The number of rotatable bonds is 6. The van der Waals surface area contributed by atoms with Crippen LogP contribution in [-0.4, -0.2) is 22.6 Å². The molecule has 0 fully saturated rings. The van der Waals surface area contributed by atoms with Crippen LogP contribution in [0.25, 0.3) is 83.2 Å². The van der Waals surface area contributed by atoms with Crippen LogP contribution in [-0.2, 0) is 26.5 Å². The second kappa shape index (κ2) is 15.6. The molecule has 7 heteroatoms. The summed E-state index contributed by atoms with van der Waals surface area (Å²) in [6, 6.07) is 47.9. The molecule has 58 heavy (non-hydrogen) atoms. The summed E-state index contributed by atoms with van der Waals surface area (Å²) < 4.78 is 15.0. The van der Waals surface area contributed by atoms with E-state index in [1.807, 2.05) is 60.7 Å². The Morgan fingerprint density at radius 3 is 2.09 bits per heavy atom. The number of para-hydroxylation sites is 4. The average Bonchev–Trinajstić information content (AvgIpc) is 3.90. The van der Waals surface area contributed by atoms with Gasteiger partial charge in [-0.1, -0.05) is 105 Å². The van der Waals surface area contributed by atoms with Crippen LogP contribution in [0.3, 0.4) is 0 Å². The molecule has 0 saturated carbocycles. The molecule has 0 spiro atoms. The number of nitrogens with zero attached hydrogens (tertiary/aromatic N) is 3. The SMILES string of the molecule is CC(C)Cc1cc(-c2[c-]cccc2)ncc1[Si](C)(C)C.Cc1cc2c(oc3ccccc32)c(C)c1-n1c(-c2[c-]ccc3c2oc2ccccc23)nc2ccccc21.[Ir]. The number of hydrogen-bond donors (Lipinski definition) is 0. The molecular formula is C51H45IrN3O2Si-2. The van der Waals surface area contributed by atoms with Crippen molar-refractivity contribution in [2.24, 2.45) is 5.92 Å². The van der Waals surface area contributed by atoms with Crippen molar-refractivity contribution in [3.63, 3.8) is 0 Å². The van der Waals surface area contributed by atoms with Crippen LogP contribution in [0.1, 0.15) is 30.5 Å². The van der Waals surface area contributed by atoms with Gasteiger partial charge in [0.15, 0.2) is 0 Å². The topological polar surface area (TPSA) is 57.0 Å². The van der Waals surface area contributed by atoms with Crippen molar-refractivity contribution in [3.05, 3.63) is 156 Å². The van der Waals surface area contributed by atoms with Crippen LogP contribution in [0.4, 0.5) is 0 Å². The van der Waals surface area contributed by atoms with Crippen molar-refractivity contribution in [3.8, 4) is 28.3 Å². The van der Waals surface area contributed by atoms with Gasteiger partial charge in [0.2, 0.25) is 0 Å². The van der Waals surface area contributed by atoms with E-state index in [-0.39, 0.29) is 20.1 Å². The summed E-state index contributed by atoms with van der Waals surface area (Å²) in [7, 11) is -1.34. The Hall–Kier alpha value is -5.59. The fourth-order valence-corrected chi connectivity index (χ4v) is 9.87. The first-order valence-corrected chi connectivity index (χ1v) is 23.2. The van der Waals surface area contributed by atoms with E-state index < -0.39 is 8.07 Å². The first-order valence-electron chi connectivity index (χ1n) is 19.7. The van der Waals surface area contributed by atoms with Gasteiger partial charge in [0, 0.05) is 53.7 Å². The van der Waals surface area contributed by atoms with Crippen LogP contribution in [0.5, 0.6) is 0 Å². The van der Waals surface area contributed by atoms with Gasteiger partial charge in [-0.3, -0.25) is 4.98 Å². The Bertz CT molecular complexity index is 3100. The number of aromatic nitrogens is 3. The van der Waals surface area contributed by atoms with E-state index in [4.69, 9.17) is 13.8 Å². The Morgan fingerprint density at radius 1 is 0.707 bits per heavy atom. The molecule has 10 aromatic rings. The van der Waals surface area contributed by atoms with Gasteiger partial charge in [-0.2, -0.15) is 0 Å². The Morgan fingerprint density at radius 2 is 1.38 bits per heavy atom. The molecule has 0 aliphatic carbocycles. The minimum atomic E-state index is -1.34. The molecule has 0 N–H and O–H groups in total. The first-order chi connectivity index (χ1) is 27.6. The quantitative estimate of drug-likeness (QED) is 0.123. The third-order valence-corrected chi connectivity index (χ3v) is 12.9. The van der Waals surface area contributed by atoms with Crippen LogP contribution >= 0.6 is 0 Å². The molecule has 0 atom stereocenters. The molecule has 0 aliphatic rings. The molecule has 6 aromatic carbocycles. The predicted molar refractivity (Wildman–Crippen MR) is 239 cm³/mol. The second-order valence-electron chi connectivity index (χ2n) is 16.4. The molecule has 0 bridgehead atoms. The number of aryl methyl sites for hydroxylation is 2. The van der Waals surface area contributed by atoms with Crippen molar-refractivity contribution in [2.75, 3.05) is 0 Å². The monoisotopic (exact) mass is 952 g/mol. The van der Waals surface area contributed by atoms with E-state index in [9.17, 15) is 0 Å². The number of furan rings is 2. The zero-order valence-electron chi connectivity index (χ0n) is 33.9. The van der Waals surface area contributed by atoms with Crippen LogP contribution in [0.15, 0.2) is 136 Å². The molecule has 4 aromatic heterocycles. The molecule has 0 unspecified atom stereocenters. The summed E-state index contributed by atoms with van der Waals surface area (Å²) in [5.41, 5.74) is 13.1. The van der Waals surface area contributed by atoms with E-state index in [1.54, 1.807) is 0 Å². The average molecular weight is 952 g/mol. The zero-order valence-corrected chi connectivity index (χ0v) is 37.3. The molecular weight excluding hydrogens is 907 g/mol. The van der Waals surface area contributed by atoms with Crippen molar-refractivity contribution in [1.29, 1.82) is 0 Å². The maximum absolute atomic E-state index is 6.39. The van der Waals surface area contributed by atoms with E-state index in [1.165, 1.54) is 10.8 Å². The summed E-state index contributed by atoms with van der Waals surface area (Å²) in [4.78, 5) is 9.81. The van der Waals surface area contributed by atoms with Crippen molar-refractivity contribution < 1.29 is 28.9 Å². The van der Waals surface area contributed by atoms with Gasteiger partial charge in [0.25, 0.3) is 0 Å². The number of pyridine rings is 1. The fraction of sp³-hybridized carbons (Fsp3) is 0.176. The van der Waals surface area contributed by atoms with Gasteiger partial charge >= 0.3 is 0 Å². The summed E-state index contributed by atoms with van der Waals surface area (Å²) >= 11 is 0. The summed E-state index contributed by atoms with van der Waals surface area (Å²) in [6.07, 6.45) is 3.24. The third kappa shape index (κ3) is 7.02. The maximum atomic E-state index is 6.39. The van der Waals surface area contributed by atoms with Crippen molar-refractivity contribution >= 4 is 68.2 Å². The van der Waals surface area contributed by atoms with Crippen LogP contribution < -0.4 is 5.19 Å². The molecule has 0 aliphatic heterocycles.